The highest BCUT2D eigenvalue weighted by molar-refractivity contribution is 7.00. The maximum atomic E-state index is 7.22. The van der Waals surface area contributed by atoms with Crippen LogP contribution >= 0.6 is 0 Å². The van der Waals surface area contributed by atoms with E-state index < -0.39 is 0 Å². The Labute approximate surface area is 423 Å². The number of furan rings is 1. The van der Waals surface area contributed by atoms with Gasteiger partial charge in [0.2, 0.25) is 0 Å². The summed E-state index contributed by atoms with van der Waals surface area (Å²) in [5.74, 6) is 0. The van der Waals surface area contributed by atoms with Crippen LogP contribution in [0.4, 0.5) is 34.1 Å². The molecular weight excluding hydrogens is 860 g/mol. The molecule has 0 amide bonds. The smallest absolute Gasteiger partial charge is 0.252 e. The molecule has 0 spiro atoms. The molecule has 3 nitrogen and oxygen atoms in total. The minimum Gasteiger partial charge on any atom is -0.456 e. The summed E-state index contributed by atoms with van der Waals surface area (Å²) in [6.45, 7) is 31.8. The van der Waals surface area contributed by atoms with Crippen molar-refractivity contribution in [1.29, 1.82) is 0 Å². The van der Waals surface area contributed by atoms with Gasteiger partial charge in [0, 0.05) is 44.8 Å². The number of aryl methyl sites for hydroxylation is 1. The summed E-state index contributed by atoms with van der Waals surface area (Å²) in [7, 11) is 0. The van der Waals surface area contributed by atoms with Crippen LogP contribution in [0.2, 0.25) is 0 Å². The Kier molecular flexibility index (Phi) is 9.22. The van der Waals surface area contributed by atoms with Crippen LogP contribution in [0.1, 0.15) is 161 Å². The van der Waals surface area contributed by atoms with E-state index in [2.05, 4.69) is 221 Å². The van der Waals surface area contributed by atoms with Crippen molar-refractivity contribution in [3.05, 3.63) is 160 Å². The number of rotatable bonds is 3. The van der Waals surface area contributed by atoms with Gasteiger partial charge in [-0.15, -0.1) is 0 Å². The molecular formula is C67H71BN2O. The molecule has 0 atom stereocenters. The molecule has 71 heavy (non-hydrogen) atoms. The van der Waals surface area contributed by atoms with Crippen molar-refractivity contribution in [3.63, 3.8) is 0 Å². The summed E-state index contributed by atoms with van der Waals surface area (Å²) in [5.41, 5.74) is 26.4. The zero-order chi connectivity index (χ0) is 49.5. The zero-order valence-electron chi connectivity index (χ0n) is 44.7. The van der Waals surface area contributed by atoms with E-state index in [0.717, 1.165) is 24.0 Å². The summed E-state index contributed by atoms with van der Waals surface area (Å²) in [5, 5.41) is 2.40. The Bertz CT molecular complexity index is 3580. The van der Waals surface area contributed by atoms with Crippen molar-refractivity contribution in [2.45, 2.75) is 161 Å². The summed E-state index contributed by atoms with van der Waals surface area (Å²) in [6.07, 6.45) is 7.03. The van der Waals surface area contributed by atoms with Crippen LogP contribution in [0.15, 0.2) is 126 Å². The molecule has 0 bridgehead atoms. The second kappa shape index (κ2) is 14.6. The lowest BCUT2D eigenvalue weighted by molar-refractivity contribution is 0.332. The molecule has 3 heterocycles. The molecule has 0 unspecified atom stereocenters. The largest absolute Gasteiger partial charge is 0.456 e. The molecule has 358 valence electrons. The van der Waals surface area contributed by atoms with E-state index in [1.807, 2.05) is 0 Å². The van der Waals surface area contributed by atoms with E-state index in [1.165, 1.54) is 137 Å². The highest BCUT2D eigenvalue weighted by Gasteiger charge is 2.48. The normalized spacial score (nSPS) is 20.2. The fraction of sp³-hybridized carbons (Fsp3) is 0.373. The molecule has 13 rings (SSSR count). The first-order chi connectivity index (χ1) is 33.5. The standard InChI is InChI=1S/C67H71BN2O/c1-40-31-57-61-58(32-40)70(54-22-18-17-21-43(54)41-19-15-14-16-20-41)55-35-45-44-34-48-51(67(12,13)30-27-64(48,6)7)38-59(44)71-60(45)39-53(55)68(61)52-36-49-50(66(10,11)29-28-65(49,8)9)37-56(52)69(57)42-23-24-46-47(33-42)63(4,5)26-25-62(46,2)3/h14-24,31-39H,25-30H2,1-13H3. The lowest BCUT2D eigenvalue weighted by Gasteiger charge is -2.48. The van der Waals surface area contributed by atoms with E-state index in [-0.39, 0.29) is 39.2 Å². The van der Waals surface area contributed by atoms with E-state index in [0.29, 0.717) is 0 Å². The third kappa shape index (κ3) is 6.47. The van der Waals surface area contributed by atoms with Crippen molar-refractivity contribution in [2.75, 3.05) is 9.80 Å². The van der Waals surface area contributed by atoms with Gasteiger partial charge in [0.15, 0.2) is 0 Å². The average molecular weight is 931 g/mol. The van der Waals surface area contributed by atoms with Gasteiger partial charge < -0.3 is 14.2 Å². The first-order valence-corrected chi connectivity index (χ1v) is 26.8. The molecule has 0 saturated heterocycles. The summed E-state index contributed by atoms with van der Waals surface area (Å²) >= 11 is 0. The fourth-order valence-corrected chi connectivity index (χ4v) is 14.3. The number of benzene rings is 7. The number of hydrogen-bond donors (Lipinski definition) is 0. The first kappa shape index (κ1) is 44.9. The predicted molar refractivity (Wildman–Crippen MR) is 304 cm³/mol. The maximum Gasteiger partial charge on any atom is 0.252 e. The van der Waals surface area contributed by atoms with Gasteiger partial charge in [-0.05, 0) is 199 Å². The van der Waals surface area contributed by atoms with E-state index >= 15 is 0 Å². The molecule has 5 aliphatic rings. The summed E-state index contributed by atoms with van der Waals surface area (Å²) < 4.78 is 7.22. The Morgan fingerprint density at radius 1 is 0.394 bits per heavy atom. The monoisotopic (exact) mass is 931 g/mol. The van der Waals surface area contributed by atoms with E-state index in [9.17, 15) is 0 Å². The Hall–Kier alpha value is -6.00. The molecule has 7 aromatic carbocycles. The predicted octanol–water partition coefficient (Wildman–Crippen LogP) is 16.7. The molecule has 1 aromatic heterocycles. The van der Waals surface area contributed by atoms with Crippen LogP contribution in [0.3, 0.4) is 0 Å². The van der Waals surface area contributed by atoms with Crippen molar-refractivity contribution < 1.29 is 4.42 Å². The summed E-state index contributed by atoms with van der Waals surface area (Å²) in [6, 6.07) is 47.8. The zero-order valence-corrected chi connectivity index (χ0v) is 44.7. The molecule has 2 aliphatic heterocycles. The minimum absolute atomic E-state index is 0.0318. The number of anilines is 6. The molecule has 0 radical (unpaired) electrons. The minimum atomic E-state index is -0.0372. The third-order valence-corrected chi connectivity index (χ3v) is 19.1. The van der Waals surface area contributed by atoms with Crippen LogP contribution in [0.25, 0.3) is 33.1 Å². The van der Waals surface area contributed by atoms with Gasteiger partial charge in [0.05, 0.1) is 5.69 Å². The van der Waals surface area contributed by atoms with Crippen LogP contribution in [0.5, 0.6) is 0 Å². The number of para-hydroxylation sites is 1. The van der Waals surface area contributed by atoms with Crippen LogP contribution in [0, 0.1) is 6.92 Å². The van der Waals surface area contributed by atoms with Gasteiger partial charge in [-0.3, -0.25) is 0 Å². The van der Waals surface area contributed by atoms with Crippen LogP contribution < -0.4 is 26.2 Å². The highest BCUT2D eigenvalue weighted by atomic mass is 16.3. The third-order valence-electron chi connectivity index (χ3n) is 19.1. The van der Waals surface area contributed by atoms with Crippen LogP contribution in [-0.4, -0.2) is 6.71 Å². The van der Waals surface area contributed by atoms with Gasteiger partial charge in [0.25, 0.3) is 6.71 Å². The topological polar surface area (TPSA) is 19.6 Å². The van der Waals surface area contributed by atoms with Gasteiger partial charge in [-0.2, -0.15) is 0 Å². The quantitative estimate of drug-likeness (QED) is 0.165. The number of fused-ring (bicyclic) bond motifs is 10. The first-order valence-electron chi connectivity index (χ1n) is 26.8. The van der Waals surface area contributed by atoms with E-state index in [4.69, 9.17) is 4.42 Å². The van der Waals surface area contributed by atoms with E-state index in [1.54, 1.807) is 0 Å². The van der Waals surface area contributed by atoms with Gasteiger partial charge in [-0.1, -0.05) is 144 Å². The van der Waals surface area contributed by atoms with Crippen LogP contribution in [-0.2, 0) is 32.5 Å². The van der Waals surface area contributed by atoms with Gasteiger partial charge >= 0.3 is 0 Å². The van der Waals surface area contributed by atoms with Crippen molar-refractivity contribution >= 4 is 79.2 Å². The Balaban J connectivity index is 1.16. The maximum absolute atomic E-state index is 7.22. The SMILES string of the molecule is Cc1cc2c3c(c1)N(c1ccccc1-c1ccccc1)c1cc4c(cc1B3c1cc3c(cc1N2c1ccc2c(c1)C(C)(C)CCC2(C)C)C(C)(C)CCC3(C)C)oc1cc2c(cc14)C(C)(C)CCC2(C)C. The highest BCUT2D eigenvalue weighted by Crippen LogP contribution is 2.54. The lowest BCUT2D eigenvalue weighted by atomic mass is 9.33. The number of nitrogens with zero attached hydrogens (tertiary/aromatic N) is 2. The van der Waals surface area contributed by atoms with Gasteiger partial charge in [0.1, 0.15) is 11.2 Å². The Morgan fingerprint density at radius 2 is 0.873 bits per heavy atom. The summed E-state index contributed by atoms with van der Waals surface area (Å²) in [4.78, 5) is 5.32. The second-order valence-corrected chi connectivity index (χ2v) is 26.6. The van der Waals surface area contributed by atoms with Crippen molar-refractivity contribution in [1.82, 2.24) is 0 Å². The molecule has 0 saturated carbocycles. The molecule has 8 aromatic rings. The molecule has 0 fully saturated rings. The number of hydrogen-bond acceptors (Lipinski definition) is 3. The molecule has 4 heteroatoms. The van der Waals surface area contributed by atoms with Gasteiger partial charge in [-0.25, -0.2) is 0 Å². The second-order valence-electron chi connectivity index (χ2n) is 26.6. The van der Waals surface area contributed by atoms with Crippen molar-refractivity contribution in [3.8, 4) is 11.1 Å². The molecule has 0 N–H and O–H groups in total. The fourth-order valence-electron chi connectivity index (χ4n) is 14.3. The Morgan fingerprint density at radius 3 is 1.52 bits per heavy atom. The van der Waals surface area contributed by atoms with Crippen molar-refractivity contribution in [2.24, 2.45) is 0 Å². The molecule has 3 aliphatic carbocycles. The average Bonchev–Trinajstić information content (AvgIpc) is 3.69. The lowest BCUT2D eigenvalue weighted by Crippen LogP contribution is -2.62.